The molecule has 0 amide bonds. The molecule has 32 heavy (non-hydrogen) atoms. The van der Waals surface area contributed by atoms with Crippen LogP contribution in [0.15, 0.2) is 24.8 Å². The van der Waals surface area contributed by atoms with Crippen molar-refractivity contribution in [3.05, 3.63) is 24.8 Å². The first-order chi connectivity index (χ1) is 15.6. The second-order valence-corrected chi connectivity index (χ2v) is 11.6. The van der Waals surface area contributed by atoms with E-state index < -0.39 is 6.08 Å². The highest BCUT2D eigenvalue weighted by Crippen LogP contribution is 2.47. The zero-order chi connectivity index (χ0) is 22.3. The first-order valence-electron chi connectivity index (χ1n) is 13.9. The van der Waals surface area contributed by atoms with Gasteiger partial charge in [0.2, 0.25) is 0 Å². The quantitative estimate of drug-likeness (QED) is 0.353. The number of allylic oxidation sites excluding steroid dienone is 1. The van der Waals surface area contributed by atoms with Gasteiger partial charge < -0.3 is 4.74 Å². The predicted octanol–water partition coefficient (Wildman–Crippen LogP) is 8.95. The van der Waals surface area contributed by atoms with Crippen LogP contribution in [0.3, 0.4) is 0 Å². The molecule has 0 aromatic heterocycles. The lowest BCUT2D eigenvalue weighted by molar-refractivity contribution is -0.0521. The normalized spacial score (nSPS) is 41.1. The molecule has 1 nitrogen and oxygen atoms in total. The Balaban J connectivity index is 1.12. The minimum atomic E-state index is -1.51. The van der Waals surface area contributed by atoms with Gasteiger partial charge in [0, 0.05) is 5.92 Å². The van der Waals surface area contributed by atoms with Gasteiger partial charge in [-0.2, -0.15) is 8.78 Å². The lowest BCUT2D eigenvalue weighted by Gasteiger charge is -2.43. The molecule has 3 saturated carbocycles. The molecule has 0 spiro atoms. The van der Waals surface area contributed by atoms with Crippen LogP contribution in [0.4, 0.5) is 8.78 Å². The van der Waals surface area contributed by atoms with Gasteiger partial charge in [0.1, 0.15) is 0 Å². The third kappa shape index (κ3) is 6.67. The van der Waals surface area contributed by atoms with Crippen molar-refractivity contribution in [3.63, 3.8) is 0 Å². The Morgan fingerprint density at radius 1 is 0.688 bits per heavy atom. The maximum Gasteiger partial charge on any atom is 0.266 e. The van der Waals surface area contributed by atoms with E-state index in [1.54, 1.807) is 0 Å². The third-order valence-corrected chi connectivity index (χ3v) is 9.94. The fraction of sp³-hybridized carbons (Fsp3) is 0.862. The molecular weight excluding hydrogens is 402 g/mol. The molecule has 0 N–H and O–H groups in total. The maximum absolute atomic E-state index is 12.2. The predicted molar refractivity (Wildman–Crippen MR) is 129 cm³/mol. The highest BCUT2D eigenvalue weighted by Gasteiger charge is 2.36. The lowest BCUT2D eigenvalue weighted by atomic mass is 9.64. The summed E-state index contributed by atoms with van der Waals surface area (Å²) in [6, 6.07) is 0. The highest BCUT2D eigenvalue weighted by atomic mass is 19.3. The third-order valence-electron chi connectivity index (χ3n) is 9.94. The van der Waals surface area contributed by atoms with E-state index in [0.29, 0.717) is 24.4 Å². The fourth-order valence-electron chi connectivity index (χ4n) is 7.80. The zero-order valence-corrected chi connectivity index (χ0v) is 20.2. The van der Waals surface area contributed by atoms with Gasteiger partial charge in [0.05, 0.1) is 12.7 Å². The van der Waals surface area contributed by atoms with E-state index >= 15 is 0 Å². The molecule has 3 aliphatic carbocycles. The average molecular weight is 449 g/mol. The van der Waals surface area contributed by atoms with Gasteiger partial charge in [-0.3, -0.25) is 0 Å². The van der Waals surface area contributed by atoms with Crippen molar-refractivity contribution in [1.82, 2.24) is 0 Å². The molecule has 1 heterocycles. The summed E-state index contributed by atoms with van der Waals surface area (Å²) in [6.45, 7) is 4.83. The van der Waals surface area contributed by atoms with Crippen LogP contribution >= 0.6 is 0 Å². The van der Waals surface area contributed by atoms with E-state index in [4.69, 9.17) is 4.74 Å². The van der Waals surface area contributed by atoms with Crippen LogP contribution in [0.2, 0.25) is 0 Å². The fourth-order valence-corrected chi connectivity index (χ4v) is 7.80. The van der Waals surface area contributed by atoms with E-state index in [0.717, 1.165) is 48.7 Å². The van der Waals surface area contributed by atoms with Gasteiger partial charge in [-0.25, -0.2) is 0 Å². The molecule has 0 aromatic carbocycles. The molecule has 4 fully saturated rings. The molecule has 0 bridgehead atoms. The largest absolute Gasteiger partial charge is 0.377 e. The summed E-state index contributed by atoms with van der Waals surface area (Å²) in [5.74, 6) is 5.87. The Morgan fingerprint density at radius 2 is 1.19 bits per heavy atom. The monoisotopic (exact) mass is 448 g/mol. The number of rotatable bonds is 7. The van der Waals surface area contributed by atoms with Crippen LogP contribution in [0.25, 0.3) is 0 Å². The molecule has 2 unspecified atom stereocenters. The summed E-state index contributed by atoms with van der Waals surface area (Å²) in [5.41, 5.74) is 0. The summed E-state index contributed by atoms with van der Waals surface area (Å²) < 4.78 is 30.7. The zero-order valence-electron chi connectivity index (χ0n) is 20.2. The number of halogens is 2. The SMILES string of the molecule is C=CC1CCC(C2CCC(C3CCC(C4CCC(CCC=C(F)F)CC4)CC3)CC2)OC1. The van der Waals surface area contributed by atoms with Crippen LogP contribution in [0.5, 0.6) is 0 Å². The topological polar surface area (TPSA) is 9.23 Å². The molecule has 3 heteroatoms. The van der Waals surface area contributed by atoms with Crippen molar-refractivity contribution < 1.29 is 13.5 Å². The Morgan fingerprint density at radius 3 is 1.62 bits per heavy atom. The Bertz CT molecular complexity index is 580. The smallest absolute Gasteiger partial charge is 0.266 e. The van der Waals surface area contributed by atoms with E-state index in [9.17, 15) is 8.78 Å². The summed E-state index contributed by atoms with van der Waals surface area (Å²) >= 11 is 0. The molecule has 4 rings (SSSR count). The summed E-state index contributed by atoms with van der Waals surface area (Å²) in [5, 5.41) is 0. The number of ether oxygens (including phenoxy) is 1. The summed E-state index contributed by atoms with van der Waals surface area (Å²) in [7, 11) is 0. The van der Waals surface area contributed by atoms with Crippen LogP contribution < -0.4 is 0 Å². The first kappa shape index (κ1) is 24.4. The molecule has 0 radical (unpaired) electrons. The molecule has 1 saturated heterocycles. The van der Waals surface area contributed by atoms with Crippen molar-refractivity contribution in [2.45, 2.75) is 109 Å². The minimum absolute atomic E-state index is 0.519. The first-order valence-corrected chi connectivity index (χ1v) is 13.9. The van der Waals surface area contributed by atoms with Gasteiger partial charge in [-0.1, -0.05) is 18.9 Å². The second kappa shape index (κ2) is 12.1. The molecular formula is C29H46F2O. The summed E-state index contributed by atoms with van der Waals surface area (Å²) in [6.07, 6.45) is 22.9. The van der Waals surface area contributed by atoms with Crippen molar-refractivity contribution in [2.75, 3.05) is 6.61 Å². The molecule has 4 aliphatic rings. The Kier molecular flexibility index (Phi) is 9.26. The van der Waals surface area contributed by atoms with E-state index in [1.807, 2.05) is 0 Å². The average Bonchev–Trinajstić information content (AvgIpc) is 2.85. The highest BCUT2D eigenvalue weighted by molar-refractivity contribution is 4.90. The molecule has 0 aromatic rings. The van der Waals surface area contributed by atoms with Crippen molar-refractivity contribution >= 4 is 0 Å². The second-order valence-electron chi connectivity index (χ2n) is 11.6. The van der Waals surface area contributed by atoms with Gasteiger partial charge in [-0.15, -0.1) is 6.58 Å². The van der Waals surface area contributed by atoms with E-state index in [-0.39, 0.29) is 0 Å². The molecule has 2 atom stereocenters. The van der Waals surface area contributed by atoms with Gasteiger partial charge in [0.15, 0.2) is 0 Å². The van der Waals surface area contributed by atoms with Crippen molar-refractivity contribution in [1.29, 1.82) is 0 Å². The van der Waals surface area contributed by atoms with Crippen molar-refractivity contribution in [2.24, 2.45) is 41.4 Å². The van der Waals surface area contributed by atoms with E-state index in [2.05, 4.69) is 12.7 Å². The van der Waals surface area contributed by atoms with Gasteiger partial charge in [-0.05, 0) is 131 Å². The number of hydrogen-bond acceptors (Lipinski definition) is 1. The van der Waals surface area contributed by atoms with Crippen LogP contribution in [0.1, 0.15) is 103 Å². The number of hydrogen-bond donors (Lipinski definition) is 0. The van der Waals surface area contributed by atoms with Crippen LogP contribution in [-0.2, 0) is 4.74 Å². The van der Waals surface area contributed by atoms with E-state index in [1.165, 1.54) is 89.9 Å². The molecule has 182 valence electrons. The maximum atomic E-state index is 12.2. The van der Waals surface area contributed by atoms with Gasteiger partial charge >= 0.3 is 0 Å². The Hall–Kier alpha value is -0.700. The molecule has 1 aliphatic heterocycles. The standard InChI is InChI=1S/C29H46F2O/c1-2-21-8-19-28(32-20-21)27-17-15-26(16-18-27)25-13-11-24(12-14-25)23-9-6-22(7-10-23)4-3-5-29(30)31/h2,5,21-28H,1,3-4,6-20H2. The minimum Gasteiger partial charge on any atom is -0.377 e. The van der Waals surface area contributed by atoms with Crippen LogP contribution in [0, 0.1) is 41.4 Å². The summed E-state index contributed by atoms with van der Waals surface area (Å²) in [4.78, 5) is 0. The lowest BCUT2D eigenvalue weighted by Crippen LogP contribution is -2.35. The van der Waals surface area contributed by atoms with Crippen LogP contribution in [-0.4, -0.2) is 12.7 Å². The Labute approximate surface area is 195 Å². The van der Waals surface area contributed by atoms with Gasteiger partial charge in [0.25, 0.3) is 6.08 Å². The van der Waals surface area contributed by atoms with Crippen molar-refractivity contribution in [3.8, 4) is 0 Å².